The van der Waals surface area contributed by atoms with E-state index in [0.717, 1.165) is 25.8 Å². The Labute approximate surface area is 125 Å². The second-order valence-electron chi connectivity index (χ2n) is 7.56. The van der Waals surface area contributed by atoms with Crippen molar-refractivity contribution in [2.24, 2.45) is 11.3 Å². The lowest BCUT2D eigenvalue weighted by atomic mass is 9.94. The molecule has 1 aliphatic heterocycles. The van der Waals surface area contributed by atoms with Gasteiger partial charge < -0.3 is 4.90 Å². The van der Waals surface area contributed by atoms with Crippen LogP contribution in [0.15, 0.2) is 0 Å². The fourth-order valence-electron chi connectivity index (χ4n) is 2.48. The van der Waals surface area contributed by atoms with Crippen LogP contribution in [-0.4, -0.2) is 57.1 Å². The van der Waals surface area contributed by atoms with Gasteiger partial charge in [0.25, 0.3) is 0 Å². The van der Waals surface area contributed by atoms with E-state index in [4.69, 9.17) is 0 Å². The van der Waals surface area contributed by atoms with E-state index in [1.807, 2.05) is 0 Å². The van der Waals surface area contributed by atoms with E-state index >= 15 is 0 Å². The van der Waals surface area contributed by atoms with Crippen LogP contribution in [0, 0.1) is 11.3 Å². The van der Waals surface area contributed by atoms with E-state index < -0.39 is 10.0 Å². The molecule has 1 aliphatic rings. The Morgan fingerprint density at radius 3 is 2.15 bits per heavy atom. The van der Waals surface area contributed by atoms with Gasteiger partial charge in [0.1, 0.15) is 0 Å². The summed E-state index contributed by atoms with van der Waals surface area (Å²) in [5.41, 5.74) is 0.0805. The Morgan fingerprint density at radius 1 is 1.15 bits per heavy atom. The van der Waals surface area contributed by atoms with Gasteiger partial charge in [0.15, 0.2) is 0 Å². The predicted molar refractivity (Wildman–Crippen MR) is 85.3 cm³/mol. The molecule has 0 radical (unpaired) electrons. The number of hydrogen-bond donors (Lipinski definition) is 0. The Hall–Kier alpha value is -0.130. The molecule has 5 heteroatoms. The first kappa shape index (κ1) is 17.9. The maximum absolute atomic E-state index is 12.3. The highest BCUT2D eigenvalue weighted by molar-refractivity contribution is 7.89. The van der Waals surface area contributed by atoms with E-state index in [9.17, 15) is 8.42 Å². The molecule has 0 spiro atoms. The summed E-state index contributed by atoms with van der Waals surface area (Å²) in [5.74, 6) is 0.977. The third kappa shape index (κ3) is 6.55. The summed E-state index contributed by atoms with van der Waals surface area (Å²) >= 11 is 0. The Kier molecular flexibility index (Phi) is 6.48. The quantitative estimate of drug-likeness (QED) is 0.756. The summed E-state index contributed by atoms with van der Waals surface area (Å²) < 4.78 is 26.4. The second-order valence-corrected chi connectivity index (χ2v) is 9.65. The van der Waals surface area contributed by atoms with Gasteiger partial charge in [0, 0.05) is 13.1 Å². The summed E-state index contributed by atoms with van der Waals surface area (Å²) in [5, 5.41) is 0. The minimum absolute atomic E-state index is 0.0805. The number of piperidine rings is 1. The molecule has 0 aromatic carbocycles. The van der Waals surface area contributed by atoms with Gasteiger partial charge in [-0.1, -0.05) is 20.8 Å². The van der Waals surface area contributed by atoms with Crippen molar-refractivity contribution < 1.29 is 8.42 Å². The highest BCUT2D eigenvalue weighted by Gasteiger charge is 2.28. The van der Waals surface area contributed by atoms with Gasteiger partial charge in [0.05, 0.1) is 5.75 Å². The lowest BCUT2D eigenvalue weighted by Gasteiger charge is -2.32. The molecular weight excluding hydrogens is 272 g/mol. The van der Waals surface area contributed by atoms with E-state index in [-0.39, 0.29) is 5.41 Å². The van der Waals surface area contributed by atoms with Crippen molar-refractivity contribution >= 4 is 10.0 Å². The monoisotopic (exact) mass is 304 g/mol. The minimum Gasteiger partial charge on any atom is -0.309 e. The molecule has 1 rings (SSSR count). The number of sulfonamides is 1. The standard InChI is InChI=1S/C15H32N2O2S/c1-15(2,3)9-13-20(18,19)17-11-7-14(8-12-17)6-10-16(4)5/h14H,6-13H2,1-5H3. The second kappa shape index (κ2) is 7.23. The molecule has 0 aromatic rings. The molecule has 0 aliphatic carbocycles. The Balaban J connectivity index is 2.40. The molecule has 1 heterocycles. The maximum Gasteiger partial charge on any atom is 0.214 e. The molecule has 0 atom stereocenters. The molecule has 20 heavy (non-hydrogen) atoms. The molecule has 0 bridgehead atoms. The summed E-state index contributed by atoms with van der Waals surface area (Å²) in [7, 11) is 1.13. The molecule has 1 fully saturated rings. The molecule has 0 unspecified atom stereocenters. The van der Waals surface area contributed by atoms with Crippen molar-refractivity contribution in [2.75, 3.05) is 39.5 Å². The fourth-order valence-corrected chi connectivity index (χ4v) is 4.38. The van der Waals surface area contributed by atoms with Gasteiger partial charge >= 0.3 is 0 Å². The maximum atomic E-state index is 12.3. The topological polar surface area (TPSA) is 40.6 Å². The van der Waals surface area contributed by atoms with Crippen LogP contribution in [0.4, 0.5) is 0 Å². The molecule has 1 saturated heterocycles. The molecule has 0 aromatic heterocycles. The van der Waals surface area contributed by atoms with Crippen molar-refractivity contribution in [1.29, 1.82) is 0 Å². The summed E-state index contributed by atoms with van der Waals surface area (Å²) in [6.07, 6.45) is 3.95. The third-order valence-corrected chi connectivity index (χ3v) is 5.93. The van der Waals surface area contributed by atoms with Crippen LogP contribution >= 0.6 is 0 Å². The zero-order valence-corrected chi connectivity index (χ0v) is 14.7. The van der Waals surface area contributed by atoms with E-state index in [1.54, 1.807) is 4.31 Å². The van der Waals surface area contributed by atoms with Crippen LogP contribution in [0.1, 0.15) is 46.5 Å². The normalized spacial score (nSPS) is 19.7. The van der Waals surface area contributed by atoms with Crippen LogP contribution in [0.2, 0.25) is 0 Å². The number of nitrogens with zero attached hydrogens (tertiary/aromatic N) is 2. The lowest BCUT2D eigenvalue weighted by Crippen LogP contribution is -2.40. The molecule has 120 valence electrons. The minimum atomic E-state index is -3.05. The molecule has 0 N–H and O–H groups in total. The van der Waals surface area contributed by atoms with E-state index in [1.165, 1.54) is 6.42 Å². The first-order chi connectivity index (χ1) is 9.10. The molecule has 0 saturated carbocycles. The zero-order chi connectivity index (χ0) is 15.4. The van der Waals surface area contributed by atoms with Crippen molar-refractivity contribution in [3.05, 3.63) is 0 Å². The van der Waals surface area contributed by atoms with Gasteiger partial charge in [0.2, 0.25) is 10.0 Å². The van der Waals surface area contributed by atoms with Crippen LogP contribution in [0.5, 0.6) is 0 Å². The van der Waals surface area contributed by atoms with Crippen LogP contribution in [0.3, 0.4) is 0 Å². The average molecular weight is 305 g/mol. The van der Waals surface area contributed by atoms with Gasteiger partial charge in [-0.05, 0) is 57.7 Å². The Bertz CT molecular complexity index is 377. The van der Waals surface area contributed by atoms with Gasteiger partial charge in [-0.15, -0.1) is 0 Å². The van der Waals surface area contributed by atoms with Crippen molar-refractivity contribution in [3.8, 4) is 0 Å². The predicted octanol–water partition coefficient (Wildman–Crippen LogP) is 2.42. The van der Waals surface area contributed by atoms with Gasteiger partial charge in [-0.25, -0.2) is 12.7 Å². The van der Waals surface area contributed by atoms with Crippen molar-refractivity contribution in [2.45, 2.75) is 46.5 Å². The highest BCUT2D eigenvalue weighted by atomic mass is 32.2. The lowest BCUT2D eigenvalue weighted by molar-refractivity contribution is 0.242. The largest absolute Gasteiger partial charge is 0.309 e. The first-order valence-electron chi connectivity index (χ1n) is 7.73. The van der Waals surface area contributed by atoms with E-state index in [0.29, 0.717) is 24.8 Å². The zero-order valence-electron chi connectivity index (χ0n) is 13.9. The van der Waals surface area contributed by atoms with Gasteiger partial charge in [-0.2, -0.15) is 0 Å². The van der Waals surface area contributed by atoms with Crippen LogP contribution in [0.25, 0.3) is 0 Å². The summed E-state index contributed by atoms with van der Waals surface area (Å²) in [4.78, 5) is 2.20. The number of rotatable bonds is 6. The first-order valence-corrected chi connectivity index (χ1v) is 9.34. The fraction of sp³-hybridized carbons (Fsp3) is 1.00. The summed E-state index contributed by atoms with van der Waals surface area (Å²) in [6, 6.07) is 0. The molecular formula is C15H32N2O2S. The molecule has 0 amide bonds. The average Bonchev–Trinajstić information content (AvgIpc) is 2.34. The van der Waals surface area contributed by atoms with E-state index in [2.05, 4.69) is 39.8 Å². The van der Waals surface area contributed by atoms with Crippen molar-refractivity contribution in [3.63, 3.8) is 0 Å². The van der Waals surface area contributed by atoms with Gasteiger partial charge in [-0.3, -0.25) is 0 Å². The summed E-state index contributed by atoms with van der Waals surface area (Å²) in [6.45, 7) is 8.80. The van der Waals surface area contributed by atoms with Crippen molar-refractivity contribution in [1.82, 2.24) is 9.21 Å². The SMILES string of the molecule is CN(C)CCC1CCN(S(=O)(=O)CCC(C)(C)C)CC1. The van der Waals surface area contributed by atoms with Crippen LogP contribution in [-0.2, 0) is 10.0 Å². The Morgan fingerprint density at radius 2 is 1.70 bits per heavy atom. The van der Waals surface area contributed by atoms with Crippen LogP contribution < -0.4 is 0 Å². The smallest absolute Gasteiger partial charge is 0.214 e. The highest BCUT2D eigenvalue weighted by Crippen LogP contribution is 2.25. The third-order valence-electron chi connectivity index (χ3n) is 4.06. The molecule has 4 nitrogen and oxygen atoms in total. The number of hydrogen-bond acceptors (Lipinski definition) is 3.